The summed E-state index contributed by atoms with van der Waals surface area (Å²) in [5.74, 6) is -0.124. The first kappa shape index (κ1) is 13.1. The van der Waals surface area contributed by atoms with Crippen LogP contribution in [-0.2, 0) is 0 Å². The highest BCUT2D eigenvalue weighted by atomic mass is 35.5. The van der Waals surface area contributed by atoms with Crippen molar-refractivity contribution < 1.29 is 14.3 Å². The number of rotatable bonds is 2. The summed E-state index contributed by atoms with van der Waals surface area (Å²) in [6, 6.07) is 3.60. The lowest BCUT2D eigenvalue weighted by Gasteiger charge is -2.31. The molecule has 0 radical (unpaired) electrons. The van der Waals surface area contributed by atoms with Crippen LogP contribution < -0.4 is 0 Å². The molecule has 5 heteroatoms. The van der Waals surface area contributed by atoms with E-state index in [1.807, 2.05) is 0 Å². The highest BCUT2D eigenvalue weighted by molar-refractivity contribution is 6.18. The summed E-state index contributed by atoms with van der Waals surface area (Å²) in [5.41, 5.74) is 0.0112. The highest BCUT2D eigenvalue weighted by Gasteiger charge is 2.24. The Kier molecular flexibility index (Phi) is 4.07. The Morgan fingerprint density at radius 3 is 2.67 bits per heavy atom. The topological polar surface area (TPSA) is 40.5 Å². The number of phenols is 1. The summed E-state index contributed by atoms with van der Waals surface area (Å²) in [4.78, 5) is 13.7. The summed E-state index contributed by atoms with van der Waals surface area (Å²) in [7, 11) is 0. The van der Waals surface area contributed by atoms with Crippen LogP contribution in [0.5, 0.6) is 5.75 Å². The lowest BCUT2D eigenvalue weighted by molar-refractivity contribution is 0.0693. The summed E-state index contributed by atoms with van der Waals surface area (Å²) in [5, 5.41) is 9.12. The standard InChI is InChI=1S/C13H15ClFNO2/c14-8-9-3-5-16(6-4-9)13(18)11-2-1-10(17)7-12(11)15/h1-2,7,9,17H,3-6,8H2. The van der Waals surface area contributed by atoms with Crippen molar-refractivity contribution in [2.75, 3.05) is 19.0 Å². The summed E-state index contributed by atoms with van der Waals surface area (Å²) < 4.78 is 13.6. The van der Waals surface area contributed by atoms with E-state index in [2.05, 4.69) is 0 Å². The third kappa shape index (κ3) is 2.75. The van der Waals surface area contributed by atoms with Gasteiger partial charge in [0.25, 0.3) is 5.91 Å². The average molecular weight is 272 g/mol. The van der Waals surface area contributed by atoms with Crippen LogP contribution in [-0.4, -0.2) is 34.9 Å². The first-order valence-electron chi connectivity index (χ1n) is 5.95. The minimum absolute atomic E-state index is 0.0112. The first-order chi connectivity index (χ1) is 8.61. The third-order valence-corrected chi connectivity index (χ3v) is 3.74. The summed E-state index contributed by atoms with van der Waals surface area (Å²) in [6.07, 6.45) is 1.71. The van der Waals surface area contributed by atoms with Crippen LogP contribution >= 0.6 is 11.6 Å². The second kappa shape index (κ2) is 5.57. The molecule has 1 N–H and O–H groups in total. The van der Waals surface area contributed by atoms with E-state index >= 15 is 0 Å². The molecule has 1 heterocycles. The van der Waals surface area contributed by atoms with Gasteiger partial charge in [-0.05, 0) is 30.9 Å². The van der Waals surface area contributed by atoms with E-state index in [9.17, 15) is 9.18 Å². The SMILES string of the molecule is O=C(c1ccc(O)cc1F)N1CCC(CCl)CC1. The third-order valence-electron chi connectivity index (χ3n) is 3.30. The molecule has 0 saturated carbocycles. The number of carbonyl (C=O) groups excluding carboxylic acids is 1. The van der Waals surface area contributed by atoms with Crippen LogP contribution in [0.3, 0.4) is 0 Å². The van der Waals surface area contributed by atoms with Gasteiger partial charge < -0.3 is 10.0 Å². The molecule has 1 saturated heterocycles. The molecule has 1 aromatic rings. The lowest BCUT2D eigenvalue weighted by Crippen LogP contribution is -2.39. The molecule has 0 unspecified atom stereocenters. The minimum Gasteiger partial charge on any atom is -0.508 e. The van der Waals surface area contributed by atoms with Crippen LogP contribution in [0.2, 0.25) is 0 Å². The molecule has 0 spiro atoms. The molecule has 1 aliphatic heterocycles. The molecule has 1 amide bonds. The maximum atomic E-state index is 13.6. The van der Waals surface area contributed by atoms with Crippen LogP contribution in [0.4, 0.5) is 4.39 Å². The molecule has 0 aromatic heterocycles. The van der Waals surface area contributed by atoms with Crippen LogP contribution in [0.1, 0.15) is 23.2 Å². The van der Waals surface area contributed by atoms with E-state index in [1.54, 1.807) is 4.90 Å². The van der Waals surface area contributed by atoms with Gasteiger partial charge in [0.1, 0.15) is 11.6 Å². The smallest absolute Gasteiger partial charge is 0.256 e. The molecule has 98 valence electrons. The normalized spacial score (nSPS) is 16.9. The van der Waals surface area contributed by atoms with E-state index in [0.717, 1.165) is 18.9 Å². The van der Waals surface area contributed by atoms with E-state index in [4.69, 9.17) is 16.7 Å². The van der Waals surface area contributed by atoms with Gasteiger partial charge in [-0.3, -0.25) is 4.79 Å². The highest BCUT2D eigenvalue weighted by Crippen LogP contribution is 2.22. The number of benzene rings is 1. The quantitative estimate of drug-likeness (QED) is 0.840. The molecule has 0 atom stereocenters. The van der Waals surface area contributed by atoms with Crippen molar-refractivity contribution in [1.29, 1.82) is 0 Å². The number of amides is 1. The number of likely N-dealkylation sites (tertiary alicyclic amines) is 1. The van der Waals surface area contributed by atoms with Gasteiger partial charge in [-0.1, -0.05) is 0 Å². The molecule has 1 aromatic carbocycles. The Hall–Kier alpha value is -1.29. The fourth-order valence-electron chi connectivity index (χ4n) is 2.14. The van der Waals surface area contributed by atoms with E-state index < -0.39 is 5.82 Å². The second-order valence-corrected chi connectivity index (χ2v) is 4.86. The zero-order valence-electron chi connectivity index (χ0n) is 9.90. The number of hydrogen-bond acceptors (Lipinski definition) is 2. The Morgan fingerprint density at radius 2 is 2.11 bits per heavy atom. The Labute approximate surface area is 110 Å². The Balaban J connectivity index is 2.08. The van der Waals surface area contributed by atoms with Gasteiger partial charge in [-0.15, -0.1) is 11.6 Å². The largest absolute Gasteiger partial charge is 0.508 e. The van der Waals surface area contributed by atoms with Crippen molar-refractivity contribution in [3.63, 3.8) is 0 Å². The van der Waals surface area contributed by atoms with Crippen molar-refractivity contribution in [3.8, 4) is 5.75 Å². The number of nitrogens with zero attached hydrogens (tertiary/aromatic N) is 1. The molecule has 1 aliphatic rings. The monoisotopic (exact) mass is 271 g/mol. The predicted octanol–water partition coefficient (Wildman–Crippen LogP) is 2.62. The number of phenolic OH excluding ortho intramolecular Hbond substituents is 1. The first-order valence-corrected chi connectivity index (χ1v) is 6.49. The van der Waals surface area contributed by atoms with Crippen molar-refractivity contribution in [2.24, 2.45) is 5.92 Å². The molecule has 2 rings (SSSR count). The van der Waals surface area contributed by atoms with Gasteiger partial charge in [-0.25, -0.2) is 4.39 Å². The Bertz CT molecular complexity index is 445. The number of carbonyl (C=O) groups is 1. The van der Waals surface area contributed by atoms with Gasteiger partial charge in [0.2, 0.25) is 0 Å². The van der Waals surface area contributed by atoms with Crippen LogP contribution in [0.25, 0.3) is 0 Å². The molecule has 3 nitrogen and oxygen atoms in total. The number of alkyl halides is 1. The fraction of sp³-hybridized carbons (Fsp3) is 0.462. The molecule has 1 fully saturated rings. The molecular formula is C13H15ClFNO2. The van der Waals surface area contributed by atoms with Gasteiger partial charge in [0.05, 0.1) is 5.56 Å². The molecule has 18 heavy (non-hydrogen) atoms. The van der Waals surface area contributed by atoms with E-state index in [0.29, 0.717) is 24.9 Å². The van der Waals surface area contributed by atoms with Crippen molar-refractivity contribution >= 4 is 17.5 Å². The summed E-state index contributed by atoms with van der Waals surface area (Å²) >= 11 is 5.78. The number of halogens is 2. The van der Waals surface area contributed by atoms with Gasteiger partial charge in [0, 0.05) is 25.0 Å². The number of hydrogen-bond donors (Lipinski definition) is 1. The minimum atomic E-state index is -0.681. The second-order valence-electron chi connectivity index (χ2n) is 4.55. The van der Waals surface area contributed by atoms with E-state index in [1.165, 1.54) is 12.1 Å². The maximum absolute atomic E-state index is 13.6. The lowest BCUT2D eigenvalue weighted by atomic mass is 9.98. The zero-order valence-corrected chi connectivity index (χ0v) is 10.7. The van der Waals surface area contributed by atoms with Gasteiger partial charge in [-0.2, -0.15) is 0 Å². The molecule has 0 aliphatic carbocycles. The van der Waals surface area contributed by atoms with E-state index in [-0.39, 0.29) is 17.2 Å². The van der Waals surface area contributed by atoms with Crippen LogP contribution in [0, 0.1) is 11.7 Å². The van der Waals surface area contributed by atoms with Crippen molar-refractivity contribution in [1.82, 2.24) is 4.90 Å². The van der Waals surface area contributed by atoms with Crippen molar-refractivity contribution in [3.05, 3.63) is 29.6 Å². The molecule has 0 bridgehead atoms. The number of piperidine rings is 1. The summed E-state index contributed by atoms with van der Waals surface area (Å²) in [6.45, 7) is 1.22. The average Bonchev–Trinajstić information content (AvgIpc) is 2.38. The molecular weight excluding hydrogens is 257 g/mol. The van der Waals surface area contributed by atoms with Gasteiger partial charge in [0.15, 0.2) is 0 Å². The maximum Gasteiger partial charge on any atom is 0.256 e. The number of aromatic hydroxyl groups is 1. The van der Waals surface area contributed by atoms with Crippen molar-refractivity contribution in [2.45, 2.75) is 12.8 Å². The predicted molar refractivity (Wildman–Crippen MR) is 67.4 cm³/mol. The zero-order chi connectivity index (χ0) is 13.1. The fourth-order valence-corrected chi connectivity index (χ4v) is 2.45. The van der Waals surface area contributed by atoms with Crippen LogP contribution in [0.15, 0.2) is 18.2 Å². The van der Waals surface area contributed by atoms with Gasteiger partial charge >= 0.3 is 0 Å². The Morgan fingerprint density at radius 1 is 1.44 bits per heavy atom.